The van der Waals surface area contributed by atoms with Crippen molar-refractivity contribution < 1.29 is 28.7 Å². The summed E-state index contributed by atoms with van der Waals surface area (Å²) in [5, 5.41) is 11.8. The van der Waals surface area contributed by atoms with E-state index in [4.69, 9.17) is 10.3 Å². The van der Waals surface area contributed by atoms with Crippen molar-refractivity contribution in [2.75, 3.05) is 6.54 Å². The van der Waals surface area contributed by atoms with Gasteiger partial charge in [0, 0.05) is 6.42 Å². The van der Waals surface area contributed by atoms with Gasteiger partial charge in [-0.2, -0.15) is 0 Å². The molecule has 0 aliphatic rings. The molecule has 158 valence electrons. The van der Waals surface area contributed by atoms with Gasteiger partial charge in [-0.1, -0.05) is 44.2 Å². The number of aliphatic carboxylic acids is 1. The largest absolute Gasteiger partial charge is 0.479 e. The summed E-state index contributed by atoms with van der Waals surface area (Å²) < 4.78 is 17.8. The summed E-state index contributed by atoms with van der Waals surface area (Å²) in [6, 6.07) is 9.41. The fourth-order valence-electron chi connectivity index (χ4n) is 2.71. The Morgan fingerprint density at radius 2 is 1.86 bits per heavy atom. The van der Waals surface area contributed by atoms with Gasteiger partial charge >= 0.3 is 13.6 Å². The molecule has 28 heavy (non-hydrogen) atoms. The molecule has 5 N–H and O–H groups in total. The highest BCUT2D eigenvalue weighted by atomic mass is 31.2. The topological polar surface area (TPSA) is 139 Å². The summed E-state index contributed by atoms with van der Waals surface area (Å²) in [4.78, 5) is 34.0. The van der Waals surface area contributed by atoms with E-state index in [1.54, 1.807) is 13.8 Å². The SMILES string of the molecule is CC(C)[C@H](NC(=O)CCc1ccccc1)P(=O)(O)O[C@@H](CCCCN)C(=O)O. The lowest BCUT2D eigenvalue weighted by molar-refractivity contribution is -0.145. The quantitative estimate of drug-likeness (QED) is 0.287. The minimum atomic E-state index is -4.41. The number of nitrogens with two attached hydrogens (primary N) is 1. The van der Waals surface area contributed by atoms with Crippen molar-refractivity contribution in [3.05, 3.63) is 35.9 Å². The third-order valence-corrected chi connectivity index (χ3v) is 6.23. The summed E-state index contributed by atoms with van der Waals surface area (Å²) in [6.45, 7) is 3.73. The molecule has 8 nitrogen and oxygen atoms in total. The zero-order chi connectivity index (χ0) is 21.2. The van der Waals surface area contributed by atoms with Crippen LogP contribution in [0.15, 0.2) is 30.3 Å². The third-order valence-electron chi connectivity index (χ3n) is 4.25. The van der Waals surface area contributed by atoms with Gasteiger partial charge in [0.25, 0.3) is 0 Å². The van der Waals surface area contributed by atoms with Crippen LogP contribution >= 0.6 is 7.60 Å². The second kappa shape index (κ2) is 12.0. The maximum absolute atomic E-state index is 12.7. The first kappa shape index (κ1) is 24.3. The molecule has 1 amide bonds. The summed E-state index contributed by atoms with van der Waals surface area (Å²) in [6.07, 6.45) is 0.335. The van der Waals surface area contributed by atoms with Crippen LogP contribution in [0.1, 0.15) is 45.1 Å². The predicted molar refractivity (Wildman–Crippen MR) is 107 cm³/mol. The van der Waals surface area contributed by atoms with Crippen molar-refractivity contribution in [2.45, 2.75) is 57.8 Å². The first-order valence-corrected chi connectivity index (χ1v) is 11.1. The van der Waals surface area contributed by atoms with Crippen molar-refractivity contribution in [3.63, 3.8) is 0 Å². The number of carbonyl (C=O) groups excluding carboxylic acids is 1. The van der Waals surface area contributed by atoms with Crippen LogP contribution in [-0.4, -0.2) is 40.3 Å². The van der Waals surface area contributed by atoms with Crippen LogP contribution < -0.4 is 11.1 Å². The van der Waals surface area contributed by atoms with Crippen molar-refractivity contribution in [1.29, 1.82) is 0 Å². The van der Waals surface area contributed by atoms with Crippen molar-refractivity contribution in [1.82, 2.24) is 5.32 Å². The molecule has 1 aromatic carbocycles. The van der Waals surface area contributed by atoms with Gasteiger partial charge in [0.2, 0.25) is 5.91 Å². The van der Waals surface area contributed by atoms with E-state index in [2.05, 4.69) is 5.32 Å². The van der Waals surface area contributed by atoms with Crippen LogP contribution in [0, 0.1) is 5.92 Å². The fraction of sp³-hybridized carbons (Fsp3) is 0.579. The van der Waals surface area contributed by atoms with Crippen LogP contribution in [0.3, 0.4) is 0 Å². The molecule has 1 unspecified atom stereocenters. The van der Waals surface area contributed by atoms with Gasteiger partial charge in [-0.05, 0) is 43.7 Å². The van der Waals surface area contributed by atoms with Crippen LogP contribution in [-0.2, 0) is 25.1 Å². The summed E-state index contributed by atoms with van der Waals surface area (Å²) in [5.41, 5.74) is 6.37. The van der Waals surface area contributed by atoms with Gasteiger partial charge in [-0.15, -0.1) is 0 Å². The molecule has 0 saturated heterocycles. The van der Waals surface area contributed by atoms with E-state index < -0.39 is 37.3 Å². The molecular formula is C19H31N2O6P. The van der Waals surface area contributed by atoms with E-state index in [0.717, 1.165) is 5.56 Å². The molecular weight excluding hydrogens is 383 g/mol. The molecule has 0 aromatic heterocycles. The highest BCUT2D eigenvalue weighted by Gasteiger charge is 2.40. The standard InChI is InChI=1S/C19H31N2O6P/c1-14(2)18(21-17(22)12-11-15-8-4-3-5-9-15)28(25,26)27-16(19(23)24)10-6-7-13-20/h3-5,8-9,14,16,18H,6-7,10-13,20H2,1-2H3,(H,21,22)(H,23,24)(H,25,26)/t16-,18+/m0/s1. The molecule has 0 aliphatic heterocycles. The van der Waals surface area contributed by atoms with Gasteiger partial charge < -0.3 is 21.1 Å². The van der Waals surface area contributed by atoms with Crippen LogP contribution in [0.5, 0.6) is 0 Å². The Morgan fingerprint density at radius 3 is 2.39 bits per heavy atom. The summed E-state index contributed by atoms with van der Waals surface area (Å²) in [7, 11) is -4.41. The van der Waals surface area contributed by atoms with Gasteiger partial charge in [0.05, 0.1) is 0 Å². The number of aryl methyl sites for hydroxylation is 1. The number of nitrogens with one attached hydrogen (secondary N) is 1. The molecule has 0 heterocycles. The van der Waals surface area contributed by atoms with Crippen molar-refractivity contribution in [3.8, 4) is 0 Å². The molecule has 0 saturated carbocycles. The average Bonchev–Trinajstić information content (AvgIpc) is 2.64. The summed E-state index contributed by atoms with van der Waals surface area (Å²) in [5.74, 6) is -3.32. The minimum Gasteiger partial charge on any atom is -0.479 e. The Bertz CT molecular complexity index is 668. The Kier molecular flexibility index (Phi) is 10.4. The molecule has 1 aromatic rings. The Hall–Kier alpha value is -1.73. The number of carboxylic acids is 1. The number of carboxylic acid groups (broad SMARTS) is 1. The Morgan fingerprint density at radius 1 is 1.21 bits per heavy atom. The van der Waals surface area contributed by atoms with Crippen LogP contribution in [0.2, 0.25) is 0 Å². The van der Waals surface area contributed by atoms with E-state index in [1.165, 1.54) is 0 Å². The zero-order valence-corrected chi connectivity index (χ0v) is 17.3. The van der Waals surface area contributed by atoms with Gasteiger partial charge in [-0.3, -0.25) is 13.9 Å². The van der Waals surface area contributed by atoms with E-state index in [1.807, 2.05) is 30.3 Å². The number of amides is 1. The maximum Gasteiger partial charge on any atom is 0.351 e. The highest BCUT2D eigenvalue weighted by Crippen LogP contribution is 2.50. The normalized spacial score (nSPS) is 15.6. The zero-order valence-electron chi connectivity index (χ0n) is 16.4. The maximum atomic E-state index is 12.7. The fourth-order valence-corrected chi connectivity index (χ4v) is 4.46. The van der Waals surface area contributed by atoms with E-state index in [-0.39, 0.29) is 12.8 Å². The molecule has 3 atom stereocenters. The molecule has 0 bridgehead atoms. The highest BCUT2D eigenvalue weighted by molar-refractivity contribution is 7.53. The lowest BCUT2D eigenvalue weighted by atomic mass is 10.1. The van der Waals surface area contributed by atoms with Gasteiger partial charge in [-0.25, -0.2) is 4.79 Å². The number of unbranched alkanes of at least 4 members (excludes halogenated alkanes) is 1. The molecule has 0 radical (unpaired) electrons. The lowest BCUT2D eigenvalue weighted by Crippen LogP contribution is -2.40. The number of benzene rings is 1. The molecule has 0 fully saturated rings. The van der Waals surface area contributed by atoms with Gasteiger partial charge in [0.15, 0.2) is 6.10 Å². The number of hydrogen-bond donors (Lipinski definition) is 4. The number of hydrogen-bond acceptors (Lipinski definition) is 5. The predicted octanol–water partition coefficient (Wildman–Crippen LogP) is 2.50. The number of rotatable bonds is 13. The average molecular weight is 414 g/mol. The van der Waals surface area contributed by atoms with E-state index in [0.29, 0.717) is 25.8 Å². The van der Waals surface area contributed by atoms with E-state index >= 15 is 0 Å². The monoisotopic (exact) mass is 414 g/mol. The van der Waals surface area contributed by atoms with Crippen LogP contribution in [0.4, 0.5) is 0 Å². The third kappa shape index (κ3) is 8.52. The Balaban J connectivity index is 2.73. The van der Waals surface area contributed by atoms with Crippen molar-refractivity contribution >= 4 is 19.5 Å². The first-order chi connectivity index (χ1) is 13.2. The molecule has 0 spiro atoms. The van der Waals surface area contributed by atoms with E-state index in [9.17, 15) is 24.2 Å². The second-order valence-electron chi connectivity index (χ2n) is 7.02. The van der Waals surface area contributed by atoms with Crippen LogP contribution in [0.25, 0.3) is 0 Å². The second-order valence-corrected chi connectivity index (χ2v) is 8.92. The molecule has 1 rings (SSSR count). The number of carbonyl (C=O) groups is 2. The Labute approximate surface area is 166 Å². The molecule has 9 heteroatoms. The van der Waals surface area contributed by atoms with Crippen molar-refractivity contribution in [2.24, 2.45) is 11.7 Å². The molecule has 0 aliphatic carbocycles. The minimum absolute atomic E-state index is 0.0733. The summed E-state index contributed by atoms with van der Waals surface area (Å²) >= 11 is 0. The smallest absolute Gasteiger partial charge is 0.351 e. The lowest BCUT2D eigenvalue weighted by Gasteiger charge is -2.28. The first-order valence-electron chi connectivity index (χ1n) is 9.44. The van der Waals surface area contributed by atoms with Gasteiger partial charge in [0.1, 0.15) is 5.78 Å².